The number of carbonyl (C=O) groups excluding carboxylic acids is 1. The number of hydrogen-bond donors (Lipinski definition) is 1. The van der Waals surface area contributed by atoms with Gasteiger partial charge in [0.05, 0.1) is 18.3 Å². The fourth-order valence-electron chi connectivity index (χ4n) is 4.21. The Morgan fingerprint density at radius 1 is 1.06 bits per heavy atom. The van der Waals surface area contributed by atoms with E-state index in [9.17, 15) is 4.79 Å². The zero-order valence-electron chi connectivity index (χ0n) is 21.8. The van der Waals surface area contributed by atoms with Crippen LogP contribution in [0, 0.1) is 11.3 Å². The fraction of sp³-hybridized carbons (Fsp3) is 0.448. The largest absolute Gasteiger partial charge is 0.449 e. The Morgan fingerprint density at radius 3 is 2.26 bits per heavy atom. The zero-order valence-corrected chi connectivity index (χ0v) is 21.8. The summed E-state index contributed by atoms with van der Waals surface area (Å²) >= 11 is 0. The number of carbonyl (C=O) groups is 1. The molecule has 0 bridgehead atoms. The van der Waals surface area contributed by atoms with Crippen molar-refractivity contribution in [3.8, 4) is 11.3 Å². The number of ether oxygens (including phenoxy) is 1. The predicted octanol–water partition coefficient (Wildman–Crippen LogP) is 6.13. The molecule has 3 rings (SSSR count). The second kappa shape index (κ2) is 12.0. The van der Waals surface area contributed by atoms with E-state index in [0.29, 0.717) is 32.7 Å². The minimum atomic E-state index is -0.317. The highest BCUT2D eigenvalue weighted by Crippen LogP contribution is 2.39. The number of amides is 1. The summed E-state index contributed by atoms with van der Waals surface area (Å²) in [4.78, 5) is 20.3. The van der Waals surface area contributed by atoms with Gasteiger partial charge >= 0.3 is 6.09 Å². The van der Waals surface area contributed by atoms with Crippen LogP contribution in [-0.4, -0.2) is 40.2 Å². The van der Waals surface area contributed by atoms with Crippen LogP contribution in [0.1, 0.15) is 58.5 Å². The number of aromatic nitrogens is 2. The average Bonchev–Trinajstić information content (AvgIpc) is 3.23. The summed E-state index contributed by atoms with van der Waals surface area (Å²) in [5, 5.41) is 0. The van der Waals surface area contributed by atoms with E-state index in [0.717, 1.165) is 17.1 Å². The van der Waals surface area contributed by atoms with Gasteiger partial charge in [-0.05, 0) is 29.9 Å². The van der Waals surface area contributed by atoms with Gasteiger partial charge in [0, 0.05) is 24.8 Å². The third-order valence-electron chi connectivity index (χ3n) is 5.83. The summed E-state index contributed by atoms with van der Waals surface area (Å²) < 4.78 is 7.90. The van der Waals surface area contributed by atoms with Crippen molar-refractivity contribution in [2.45, 2.75) is 53.6 Å². The van der Waals surface area contributed by atoms with Crippen LogP contribution >= 0.6 is 0 Å². The summed E-state index contributed by atoms with van der Waals surface area (Å²) in [6, 6.07) is 20.2. The number of rotatable bonds is 10. The number of benzene rings is 2. The topological polar surface area (TPSA) is 73.4 Å². The molecule has 1 aromatic heterocycles. The van der Waals surface area contributed by atoms with Gasteiger partial charge in [-0.1, -0.05) is 95.3 Å². The Bertz CT molecular complexity index is 1060. The fourth-order valence-corrected chi connectivity index (χ4v) is 4.21. The molecule has 1 heterocycles. The second-order valence-corrected chi connectivity index (χ2v) is 10.5. The van der Waals surface area contributed by atoms with Crippen LogP contribution in [0.15, 0.2) is 66.9 Å². The van der Waals surface area contributed by atoms with Gasteiger partial charge in [0.1, 0.15) is 5.82 Å². The molecule has 6 heteroatoms. The van der Waals surface area contributed by atoms with Crippen LogP contribution in [-0.2, 0) is 11.3 Å². The monoisotopic (exact) mass is 476 g/mol. The quantitative estimate of drug-likeness (QED) is 0.382. The Hall–Kier alpha value is -3.12. The molecule has 0 aliphatic rings. The molecule has 0 saturated heterocycles. The molecule has 0 aliphatic carbocycles. The summed E-state index contributed by atoms with van der Waals surface area (Å²) in [5.74, 6) is 1.10. The molecule has 0 aliphatic heterocycles. The first kappa shape index (κ1) is 26.5. The standard InChI is InChI=1S/C29H40N4O2/c1-22(2)21-35-28(34)33(18-12-17-30)26(29(3,4)5)27-31-25(24-15-10-7-11-16-24)20-32(27)19-23-13-8-6-9-14-23/h6-11,13-16,20,22,26H,12,17-19,21,30H2,1-5H3/t26-/m0/s1. The molecule has 2 aromatic carbocycles. The Balaban J connectivity index is 2.11. The zero-order chi connectivity index (χ0) is 25.4. The molecule has 0 spiro atoms. The molecule has 0 saturated carbocycles. The smallest absolute Gasteiger partial charge is 0.410 e. The van der Waals surface area contributed by atoms with E-state index >= 15 is 0 Å². The van der Waals surface area contributed by atoms with E-state index in [-0.39, 0.29) is 23.5 Å². The van der Waals surface area contributed by atoms with Crippen LogP contribution < -0.4 is 5.73 Å². The molecule has 6 nitrogen and oxygen atoms in total. The molecular formula is C29H40N4O2. The molecule has 3 aromatic rings. The summed E-state index contributed by atoms with van der Waals surface area (Å²) in [7, 11) is 0. The highest BCUT2D eigenvalue weighted by molar-refractivity contribution is 5.68. The Morgan fingerprint density at radius 2 is 1.69 bits per heavy atom. The number of nitrogens with zero attached hydrogens (tertiary/aromatic N) is 3. The maximum absolute atomic E-state index is 13.4. The lowest BCUT2D eigenvalue weighted by Gasteiger charge is -2.39. The van der Waals surface area contributed by atoms with E-state index < -0.39 is 0 Å². The number of imidazole rings is 1. The summed E-state index contributed by atoms with van der Waals surface area (Å²) in [6.07, 6.45) is 2.47. The van der Waals surface area contributed by atoms with Crippen LogP contribution in [0.25, 0.3) is 11.3 Å². The lowest BCUT2D eigenvalue weighted by Crippen LogP contribution is -2.44. The van der Waals surface area contributed by atoms with Gasteiger partial charge in [-0.15, -0.1) is 0 Å². The van der Waals surface area contributed by atoms with Crippen molar-refractivity contribution < 1.29 is 9.53 Å². The molecule has 0 radical (unpaired) electrons. The van der Waals surface area contributed by atoms with Gasteiger partial charge in [-0.3, -0.25) is 4.90 Å². The highest BCUT2D eigenvalue weighted by atomic mass is 16.6. The normalized spacial score (nSPS) is 12.5. The number of hydrogen-bond acceptors (Lipinski definition) is 4. The van der Waals surface area contributed by atoms with Gasteiger partial charge in [0.15, 0.2) is 0 Å². The van der Waals surface area contributed by atoms with Crippen LogP contribution in [0.5, 0.6) is 0 Å². The predicted molar refractivity (Wildman–Crippen MR) is 142 cm³/mol. The van der Waals surface area contributed by atoms with Crippen molar-refractivity contribution in [2.75, 3.05) is 19.7 Å². The Kier molecular flexibility index (Phi) is 9.10. The van der Waals surface area contributed by atoms with Gasteiger partial charge in [0.2, 0.25) is 0 Å². The first-order valence-corrected chi connectivity index (χ1v) is 12.5. The lowest BCUT2D eigenvalue weighted by molar-refractivity contribution is 0.0452. The van der Waals surface area contributed by atoms with Crippen molar-refractivity contribution >= 4 is 6.09 Å². The summed E-state index contributed by atoms with van der Waals surface area (Å²) in [5.41, 5.74) is 8.68. The van der Waals surface area contributed by atoms with Crippen molar-refractivity contribution in [1.29, 1.82) is 0 Å². The molecular weight excluding hydrogens is 436 g/mol. The third-order valence-corrected chi connectivity index (χ3v) is 5.83. The van der Waals surface area contributed by atoms with Crippen molar-refractivity contribution in [3.63, 3.8) is 0 Å². The third kappa shape index (κ3) is 7.18. The molecule has 0 unspecified atom stereocenters. The van der Waals surface area contributed by atoms with E-state index in [4.69, 9.17) is 15.5 Å². The van der Waals surface area contributed by atoms with Gasteiger partial charge in [-0.25, -0.2) is 9.78 Å². The van der Waals surface area contributed by atoms with Crippen molar-refractivity contribution in [3.05, 3.63) is 78.2 Å². The average molecular weight is 477 g/mol. The molecule has 2 N–H and O–H groups in total. The Labute approximate surface area is 210 Å². The molecule has 188 valence electrons. The van der Waals surface area contributed by atoms with Gasteiger partial charge in [0.25, 0.3) is 0 Å². The van der Waals surface area contributed by atoms with Crippen LogP contribution in [0.3, 0.4) is 0 Å². The first-order chi connectivity index (χ1) is 16.7. The van der Waals surface area contributed by atoms with Gasteiger partial charge < -0.3 is 15.0 Å². The lowest BCUT2D eigenvalue weighted by atomic mass is 9.84. The van der Waals surface area contributed by atoms with E-state index in [2.05, 4.69) is 55.8 Å². The number of nitrogens with two attached hydrogens (primary N) is 1. The minimum absolute atomic E-state index is 0.258. The van der Waals surface area contributed by atoms with Crippen molar-refractivity contribution in [2.24, 2.45) is 17.1 Å². The van der Waals surface area contributed by atoms with Crippen LogP contribution in [0.2, 0.25) is 0 Å². The summed E-state index contributed by atoms with van der Waals surface area (Å²) in [6.45, 7) is 12.6. The molecule has 1 atom stereocenters. The van der Waals surface area contributed by atoms with E-state index in [1.807, 2.05) is 55.1 Å². The molecule has 0 fully saturated rings. The van der Waals surface area contributed by atoms with E-state index in [1.165, 1.54) is 5.56 Å². The highest BCUT2D eigenvalue weighted by Gasteiger charge is 2.39. The second-order valence-electron chi connectivity index (χ2n) is 10.5. The maximum Gasteiger partial charge on any atom is 0.410 e. The van der Waals surface area contributed by atoms with E-state index in [1.54, 1.807) is 0 Å². The molecule has 35 heavy (non-hydrogen) atoms. The maximum atomic E-state index is 13.4. The van der Waals surface area contributed by atoms with Crippen molar-refractivity contribution in [1.82, 2.24) is 14.5 Å². The SMILES string of the molecule is CC(C)COC(=O)N(CCCN)[C@@H](c1nc(-c2ccccc2)cn1Cc1ccccc1)C(C)(C)C. The first-order valence-electron chi connectivity index (χ1n) is 12.5. The minimum Gasteiger partial charge on any atom is -0.449 e. The van der Waals surface area contributed by atoms with Crippen LogP contribution in [0.4, 0.5) is 4.79 Å². The molecule has 1 amide bonds. The van der Waals surface area contributed by atoms with Gasteiger partial charge in [-0.2, -0.15) is 0 Å².